The summed E-state index contributed by atoms with van der Waals surface area (Å²) in [4.78, 5) is 40.6. The summed E-state index contributed by atoms with van der Waals surface area (Å²) in [5.74, 6) is 4.20. The molecule has 3 aliphatic heterocycles. The van der Waals surface area contributed by atoms with Crippen molar-refractivity contribution in [2.45, 2.75) is 102 Å². The fourth-order valence-electron chi connectivity index (χ4n) is 8.45. The number of aromatic hydroxyl groups is 1. The van der Waals surface area contributed by atoms with E-state index in [9.17, 15) is 29.7 Å². The van der Waals surface area contributed by atoms with E-state index in [0.29, 0.717) is 67.3 Å². The van der Waals surface area contributed by atoms with Crippen LogP contribution in [0.5, 0.6) is 11.5 Å². The van der Waals surface area contributed by atoms with Crippen molar-refractivity contribution in [2.24, 2.45) is 11.8 Å². The van der Waals surface area contributed by atoms with Gasteiger partial charge in [-0.3, -0.25) is 9.59 Å². The van der Waals surface area contributed by atoms with Crippen molar-refractivity contribution in [1.29, 1.82) is 0 Å². The van der Waals surface area contributed by atoms with Gasteiger partial charge in [-0.15, -0.1) is 0 Å². The molecule has 9 heteroatoms. The monoisotopic (exact) mass is 717 g/mol. The number of phenolic OH excluding ortho intramolecular Hbond substituents is 1. The van der Waals surface area contributed by atoms with E-state index in [0.717, 1.165) is 22.4 Å². The third-order valence-corrected chi connectivity index (χ3v) is 11.5. The SMILES string of the molecule is CCNc1cc(CO)cc([C@H]2C#C[C@H]3CC(=O)Oc4cc(O)c(cc43)C[C@H]3OC(=O)/C(=C\CCc4cccc(c4)C[C@H]4C[C@H](CCC4=O)[C@]3(C)O)C2)c1. The molecule has 1 saturated carbocycles. The Hall–Kier alpha value is -4.91. The summed E-state index contributed by atoms with van der Waals surface area (Å²) in [6.45, 7) is 4.14. The van der Waals surface area contributed by atoms with Crippen molar-refractivity contribution in [3.63, 3.8) is 0 Å². The Morgan fingerprint density at radius 2 is 1.75 bits per heavy atom. The summed E-state index contributed by atoms with van der Waals surface area (Å²) >= 11 is 0. The van der Waals surface area contributed by atoms with Crippen molar-refractivity contribution < 1.29 is 39.2 Å². The summed E-state index contributed by atoms with van der Waals surface area (Å²) in [6.07, 6.45) is 3.92. The average molecular weight is 718 g/mol. The second kappa shape index (κ2) is 15.2. The number of hydrogen-bond acceptors (Lipinski definition) is 9. The van der Waals surface area contributed by atoms with E-state index in [1.165, 1.54) is 6.07 Å². The van der Waals surface area contributed by atoms with Gasteiger partial charge < -0.3 is 30.1 Å². The third kappa shape index (κ3) is 7.90. The normalized spacial score (nSPS) is 28.2. The van der Waals surface area contributed by atoms with Gasteiger partial charge in [-0.2, -0.15) is 0 Å². The van der Waals surface area contributed by atoms with Gasteiger partial charge >= 0.3 is 11.9 Å². The zero-order valence-electron chi connectivity index (χ0n) is 30.3. The Morgan fingerprint density at radius 3 is 2.57 bits per heavy atom. The van der Waals surface area contributed by atoms with Crippen molar-refractivity contribution in [1.82, 2.24) is 0 Å². The minimum absolute atomic E-state index is 0.00603. The quantitative estimate of drug-likeness (QED) is 0.141. The third-order valence-electron chi connectivity index (χ3n) is 11.5. The predicted octanol–water partition coefficient (Wildman–Crippen LogP) is 6.21. The summed E-state index contributed by atoms with van der Waals surface area (Å²) in [5, 5.41) is 37.3. The van der Waals surface area contributed by atoms with E-state index in [-0.39, 0.29) is 55.0 Å². The molecule has 3 aromatic rings. The second-order valence-electron chi connectivity index (χ2n) is 15.2. The van der Waals surface area contributed by atoms with Crippen molar-refractivity contribution in [3.8, 4) is 23.3 Å². The fourth-order valence-corrected chi connectivity index (χ4v) is 8.45. The van der Waals surface area contributed by atoms with E-state index in [1.54, 1.807) is 13.0 Å². The lowest BCUT2D eigenvalue weighted by Crippen LogP contribution is -2.52. The van der Waals surface area contributed by atoms with Crippen LogP contribution in [0.1, 0.15) is 97.6 Å². The molecule has 8 bridgehead atoms. The number of aryl methyl sites for hydroxylation is 1. The number of ketones is 1. The number of carbonyl (C=O) groups excluding carboxylic acids is 3. The van der Waals surface area contributed by atoms with Crippen LogP contribution in [-0.4, -0.2) is 51.3 Å². The van der Waals surface area contributed by atoms with Gasteiger partial charge in [0.25, 0.3) is 0 Å². The van der Waals surface area contributed by atoms with Crippen LogP contribution in [0.15, 0.2) is 66.2 Å². The number of hydrogen-bond donors (Lipinski definition) is 4. The van der Waals surface area contributed by atoms with Gasteiger partial charge in [0.2, 0.25) is 0 Å². The van der Waals surface area contributed by atoms with Crippen molar-refractivity contribution >= 4 is 23.4 Å². The van der Waals surface area contributed by atoms with Gasteiger partial charge in [-0.05, 0) is 104 Å². The molecule has 0 aromatic heterocycles. The molecule has 1 aliphatic carbocycles. The lowest BCUT2D eigenvalue weighted by atomic mass is 9.68. The van der Waals surface area contributed by atoms with Crippen molar-refractivity contribution in [3.05, 3.63) is 99.6 Å². The van der Waals surface area contributed by atoms with Crippen LogP contribution in [0.2, 0.25) is 0 Å². The van der Waals surface area contributed by atoms with Crippen LogP contribution < -0.4 is 10.1 Å². The van der Waals surface area contributed by atoms with Crippen LogP contribution in [-0.2, 0) is 45.0 Å². The number of benzene rings is 3. The molecule has 0 unspecified atom stereocenters. The second-order valence-corrected chi connectivity index (χ2v) is 15.2. The van der Waals surface area contributed by atoms with E-state index in [4.69, 9.17) is 9.47 Å². The minimum Gasteiger partial charge on any atom is -0.508 e. The number of esters is 2. The highest BCUT2D eigenvalue weighted by Gasteiger charge is 2.46. The molecule has 6 atom stereocenters. The molecule has 1 fully saturated rings. The van der Waals surface area contributed by atoms with Gasteiger partial charge in [0.1, 0.15) is 29.0 Å². The number of anilines is 1. The molecule has 0 saturated heterocycles. The zero-order valence-corrected chi connectivity index (χ0v) is 30.3. The van der Waals surface area contributed by atoms with Gasteiger partial charge in [0.15, 0.2) is 0 Å². The molecule has 3 aromatic carbocycles. The number of carbonyl (C=O) groups is 3. The van der Waals surface area contributed by atoms with E-state index >= 15 is 0 Å². The Balaban J connectivity index is 1.40. The Kier molecular flexibility index (Phi) is 10.5. The smallest absolute Gasteiger partial charge is 0.334 e. The lowest BCUT2D eigenvalue weighted by molar-refractivity contribution is -0.170. The molecule has 53 heavy (non-hydrogen) atoms. The van der Waals surface area contributed by atoms with Gasteiger partial charge in [-0.1, -0.05) is 48.2 Å². The van der Waals surface area contributed by atoms with Gasteiger partial charge in [0.05, 0.1) is 18.9 Å². The number of allylic oxidation sites excluding steroid dienone is 1. The number of fused-ring (bicyclic) bond motifs is 8. The number of aliphatic hydroxyl groups is 2. The molecule has 4 aliphatic rings. The zero-order chi connectivity index (χ0) is 37.3. The number of rotatable bonds is 4. The predicted molar refractivity (Wildman–Crippen MR) is 199 cm³/mol. The van der Waals surface area contributed by atoms with Crippen molar-refractivity contribution in [2.75, 3.05) is 11.9 Å². The minimum atomic E-state index is -1.57. The molecule has 276 valence electrons. The molecule has 7 rings (SSSR count). The first-order valence-corrected chi connectivity index (χ1v) is 18.8. The average Bonchev–Trinajstić information content (AvgIpc) is 3.13. The Morgan fingerprint density at radius 1 is 0.943 bits per heavy atom. The van der Waals surface area contributed by atoms with Crippen LogP contribution in [0.25, 0.3) is 0 Å². The molecular formula is C44H47NO8. The molecule has 0 amide bonds. The highest BCUT2D eigenvalue weighted by molar-refractivity contribution is 5.89. The summed E-state index contributed by atoms with van der Waals surface area (Å²) in [6, 6.07) is 17.1. The number of ether oxygens (including phenoxy) is 2. The first-order valence-electron chi connectivity index (χ1n) is 18.8. The molecule has 4 N–H and O–H groups in total. The first kappa shape index (κ1) is 36.4. The van der Waals surface area contributed by atoms with Crippen LogP contribution in [0.4, 0.5) is 5.69 Å². The molecule has 9 nitrogen and oxygen atoms in total. The highest BCUT2D eigenvalue weighted by atomic mass is 16.6. The highest BCUT2D eigenvalue weighted by Crippen LogP contribution is 2.43. The Bertz CT molecular complexity index is 2020. The first-order chi connectivity index (χ1) is 25.5. The number of aliphatic hydroxyl groups excluding tert-OH is 1. The largest absolute Gasteiger partial charge is 0.508 e. The maximum absolute atomic E-state index is 14.5. The number of nitrogens with one attached hydrogen (secondary N) is 1. The molecular weight excluding hydrogens is 670 g/mol. The summed E-state index contributed by atoms with van der Waals surface area (Å²) in [5.41, 5.74) is 4.33. The summed E-state index contributed by atoms with van der Waals surface area (Å²) < 4.78 is 12.0. The maximum atomic E-state index is 14.5. The topological polar surface area (TPSA) is 142 Å². The van der Waals surface area contributed by atoms with Crippen LogP contribution in [0, 0.1) is 23.7 Å². The lowest BCUT2D eigenvalue weighted by Gasteiger charge is -2.42. The summed E-state index contributed by atoms with van der Waals surface area (Å²) in [7, 11) is 0. The standard InChI is InChI=1S/C44H47NO8/c1-3-45-36-17-28(25-46)16-32(20-36)29-10-11-30-23-42(49)52-40-24-39(48)34(21-37(30)40)22-41-44(2,51)35-12-13-38(47)33(19-35)15-27-8-4-6-26(14-27)7-5-9-31(18-29)43(50)53-41/h4,6,8-9,14,16-17,20-21,24,29-30,33,35,41,45-46,48,51H,3,5,7,12-13,15,18-19,22-23,25H2,1-2H3/b31-9-/t29-,30-,33-,35-,41+,44-/m0/s1. The van der Waals surface area contributed by atoms with Gasteiger partial charge in [0, 0.05) is 54.1 Å². The Labute approximate surface area is 310 Å². The molecule has 3 heterocycles. The van der Waals surface area contributed by atoms with E-state index < -0.39 is 35.5 Å². The van der Waals surface area contributed by atoms with E-state index in [2.05, 4.69) is 29.3 Å². The van der Waals surface area contributed by atoms with Crippen LogP contribution >= 0.6 is 0 Å². The number of Topliss-reactive ketones (excluding diaryl/α,β-unsaturated/α-hetero) is 1. The fraction of sp³-hybridized carbons (Fsp3) is 0.432. The maximum Gasteiger partial charge on any atom is 0.334 e. The van der Waals surface area contributed by atoms with E-state index in [1.807, 2.05) is 43.3 Å². The number of phenols is 1. The molecule has 0 radical (unpaired) electrons. The van der Waals surface area contributed by atoms with Gasteiger partial charge in [-0.25, -0.2) is 4.79 Å². The molecule has 0 spiro atoms. The van der Waals surface area contributed by atoms with Crippen LogP contribution in [0.3, 0.4) is 0 Å².